The van der Waals surface area contributed by atoms with Crippen LogP contribution in [-0.2, 0) is 6.54 Å². The second-order valence-corrected chi connectivity index (χ2v) is 6.98. The van der Waals surface area contributed by atoms with Gasteiger partial charge in [0.2, 0.25) is 0 Å². The van der Waals surface area contributed by atoms with Crippen LogP contribution < -0.4 is 10.3 Å². The molecule has 0 aliphatic heterocycles. The summed E-state index contributed by atoms with van der Waals surface area (Å²) in [7, 11) is 0. The number of ether oxygens (including phenoxy) is 1. The van der Waals surface area contributed by atoms with E-state index in [9.17, 15) is 18.0 Å². The number of nitrogens with zero attached hydrogens (tertiary/aromatic N) is 1. The number of hydrogen-bond donors (Lipinski definition) is 0. The fraction of sp³-hybridized carbons (Fsp3) is 0.318. The standard InChI is InChI=1S/C20H17BrF3NO2.C2H6/c21-19-18(27-12-14-4-2-6-16(23)10-17(14)24)7-8-25(20(19)26)11-13-3-1-5-15(22)9-13;1-2/h1,3-5,7-10,16H,2,6,11-12H2;1-2H3. The fourth-order valence-corrected chi connectivity index (χ4v) is 3.22. The molecule has 0 fully saturated rings. The van der Waals surface area contributed by atoms with Gasteiger partial charge in [0.05, 0.1) is 6.54 Å². The van der Waals surface area contributed by atoms with Gasteiger partial charge in [0.15, 0.2) is 0 Å². The summed E-state index contributed by atoms with van der Waals surface area (Å²) < 4.78 is 47.7. The maximum absolute atomic E-state index is 13.9. The molecule has 1 atom stereocenters. The minimum absolute atomic E-state index is 0.110. The molecule has 0 spiro atoms. The lowest BCUT2D eigenvalue weighted by atomic mass is 10.2. The molecule has 0 bridgehead atoms. The van der Waals surface area contributed by atoms with Crippen LogP contribution in [0.4, 0.5) is 13.2 Å². The largest absolute Gasteiger partial charge is 0.487 e. The maximum atomic E-state index is 13.9. The van der Waals surface area contributed by atoms with Crippen molar-refractivity contribution < 1.29 is 17.9 Å². The van der Waals surface area contributed by atoms with Crippen molar-refractivity contribution in [1.29, 1.82) is 0 Å². The zero-order chi connectivity index (χ0) is 21.4. The molecule has 1 aromatic heterocycles. The highest BCUT2D eigenvalue weighted by atomic mass is 79.9. The van der Waals surface area contributed by atoms with Crippen LogP contribution in [0.1, 0.15) is 32.3 Å². The van der Waals surface area contributed by atoms with Crippen molar-refractivity contribution in [1.82, 2.24) is 4.57 Å². The highest BCUT2D eigenvalue weighted by molar-refractivity contribution is 9.10. The van der Waals surface area contributed by atoms with E-state index in [-0.39, 0.29) is 46.7 Å². The quantitative estimate of drug-likeness (QED) is 0.528. The normalized spacial score (nSPS) is 16.1. The van der Waals surface area contributed by atoms with Gasteiger partial charge in [-0.3, -0.25) is 4.79 Å². The Labute approximate surface area is 176 Å². The molecule has 156 valence electrons. The third kappa shape index (κ3) is 6.35. The first-order valence-electron chi connectivity index (χ1n) is 9.41. The molecule has 29 heavy (non-hydrogen) atoms. The van der Waals surface area contributed by atoms with Gasteiger partial charge in [-0.25, -0.2) is 13.2 Å². The van der Waals surface area contributed by atoms with E-state index >= 15 is 0 Å². The summed E-state index contributed by atoms with van der Waals surface area (Å²) in [5.41, 5.74) is 0.548. The van der Waals surface area contributed by atoms with Crippen LogP contribution in [0.5, 0.6) is 5.75 Å². The van der Waals surface area contributed by atoms with Crippen molar-refractivity contribution in [3.63, 3.8) is 0 Å². The highest BCUT2D eigenvalue weighted by Crippen LogP contribution is 2.25. The van der Waals surface area contributed by atoms with Crippen LogP contribution in [0, 0.1) is 5.82 Å². The van der Waals surface area contributed by atoms with Crippen molar-refractivity contribution in [3.8, 4) is 5.75 Å². The number of hydrogen-bond acceptors (Lipinski definition) is 2. The second-order valence-electron chi connectivity index (χ2n) is 6.18. The molecule has 1 heterocycles. The molecular formula is C22H23BrF3NO2. The molecule has 3 rings (SSSR count). The predicted octanol–water partition coefficient (Wildman–Crippen LogP) is 6.11. The van der Waals surface area contributed by atoms with Crippen molar-refractivity contribution in [2.45, 2.75) is 39.4 Å². The first-order valence-corrected chi connectivity index (χ1v) is 10.2. The summed E-state index contributed by atoms with van der Waals surface area (Å²) in [6, 6.07) is 7.56. The average molecular weight is 470 g/mol. The van der Waals surface area contributed by atoms with Crippen molar-refractivity contribution >= 4 is 15.9 Å². The Morgan fingerprint density at radius 3 is 2.72 bits per heavy atom. The number of benzene rings is 1. The number of pyridine rings is 1. The molecule has 1 aromatic carbocycles. The van der Waals surface area contributed by atoms with E-state index in [1.165, 1.54) is 22.9 Å². The van der Waals surface area contributed by atoms with Crippen molar-refractivity contribution in [2.75, 3.05) is 6.61 Å². The number of rotatable bonds is 5. The lowest BCUT2D eigenvalue weighted by molar-refractivity contribution is 0.343. The molecule has 1 aliphatic rings. The Bertz CT molecular complexity index is 953. The van der Waals surface area contributed by atoms with E-state index in [0.717, 1.165) is 6.08 Å². The Balaban J connectivity index is 0.00000145. The smallest absolute Gasteiger partial charge is 0.268 e. The fourth-order valence-electron chi connectivity index (χ4n) is 2.74. The molecule has 0 amide bonds. The predicted molar refractivity (Wildman–Crippen MR) is 112 cm³/mol. The van der Waals surface area contributed by atoms with E-state index in [1.807, 2.05) is 13.8 Å². The maximum Gasteiger partial charge on any atom is 0.268 e. The number of alkyl halides is 1. The van der Waals surface area contributed by atoms with Crippen LogP contribution in [0.15, 0.2) is 69.3 Å². The number of allylic oxidation sites excluding steroid dienone is 2. The molecule has 0 radical (unpaired) electrons. The SMILES string of the molecule is CC.O=c1c(Br)c(OCC2=CCCC(F)C=C2F)ccn1Cc1cccc(F)c1. The molecule has 7 heteroatoms. The van der Waals surface area contributed by atoms with E-state index in [2.05, 4.69) is 15.9 Å². The van der Waals surface area contributed by atoms with E-state index in [4.69, 9.17) is 4.74 Å². The monoisotopic (exact) mass is 469 g/mol. The highest BCUT2D eigenvalue weighted by Gasteiger charge is 2.15. The van der Waals surface area contributed by atoms with Gasteiger partial charge in [0, 0.05) is 11.8 Å². The Morgan fingerprint density at radius 2 is 2.00 bits per heavy atom. The summed E-state index contributed by atoms with van der Waals surface area (Å²) in [5, 5.41) is 0. The molecule has 0 saturated heterocycles. The Morgan fingerprint density at radius 1 is 1.24 bits per heavy atom. The molecular weight excluding hydrogens is 447 g/mol. The molecule has 0 saturated carbocycles. The van der Waals surface area contributed by atoms with E-state index in [1.54, 1.807) is 24.3 Å². The molecule has 1 aliphatic carbocycles. The summed E-state index contributed by atoms with van der Waals surface area (Å²) in [6.07, 6.45) is 3.41. The van der Waals surface area contributed by atoms with Crippen molar-refractivity contribution in [3.05, 3.63) is 86.3 Å². The zero-order valence-corrected chi connectivity index (χ0v) is 17.9. The molecule has 3 nitrogen and oxygen atoms in total. The van der Waals surface area contributed by atoms with Gasteiger partial charge >= 0.3 is 0 Å². The summed E-state index contributed by atoms with van der Waals surface area (Å²) in [4.78, 5) is 12.5. The first kappa shape index (κ1) is 23.0. The minimum atomic E-state index is -1.31. The number of aromatic nitrogens is 1. The average Bonchev–Trinajstić information content (AvgIpc) is 2.86. The van der Waals surface area contributed by atoms with Gasteiger partial charge in [0.1, 0.15) is 34.6 Å². The van der Waals surface area contributed by atoms with Crippen LogP contribution in [0.25, 0.3) is 0 Å². The summed E-state index contributed by atoms with van der Waals surface area (Å²) >= 11 is 3.20. The van der Waals surface area contributed by atoms with Gasteiger partial charge in [-0.05, 0) is 58.6 Å². The lowest BCUT2D eigenvalue weighted by Crippen LogP contribution is -2.21. The zero-order valence-electron chi connectivity index (χ0n) is 16.3. The Kier molecular flexibility index (Phi) is 8.76. The third-order valence-corrected chi connectivity index (χ3v) is 4.89. The van der Waals surface area contributed by atoms with Crippen LogP contribution in [0.3, 0.4) is 0 Å². The minimum Gasteiger partial charge on any atom is -0.487 e. The van der Waals surface area contributed by atoms with E-state index < -0.39 is 12.0 Å². The topological polar surface area (TPSA) is 31.2 Å². The molecule has 0 N–H and O–H groups in total. The third-order valence-electron chi connectivity index (χ3n) is 4.16. The van der Waals surface area contributed by atoms with Gasteiger partial charge in [-0.15, -0.1) is 0 Å². The van der Waals surface area contributed by atoms with Gasteiger partial charge < -0.3 is 9.30 Å². The molecule has 2 aromatic rings. The lowest BCUT2D eigenvalue weighted by Gasteiger charge is -2.12. The summed E-state index contributed by atoms with van der Waals surface area (Å²) in [6.45, 7) is 4.09. The van der Waals surface area contributed by atoms with Crippen molar-refractivity contribution in [2.24, 2.45) is 0 Å². The molecule has 1 unspecified atom stereocenters. The Hall–Kier alpha value is -2.28. The van der Waals surface area contributed by atoms with Crippen LogP contribution in [0.2, 0.25) is 0 Å². The second kappa shape index (κ2) is 11.0. The van der Waals surface area contributed by atoms with Gasteiger partial charge in [-0.2, -0.15) is 0 Å². The summed E-state index contributed by atoms with van der Waals surface area (Å²) in [5.74, 6) is -0.761. The van der Waals surface area contributed by atoms with Gasteiger partial charge in [-0.1, -0.05) is 32.1 Å². The van der Waals surface area contributed by atoms with Crippen LogP contribution >= 0.6 is 15.9 Å². The number of halogens is 4. The van der Waals surface area contributed by atoms with Gasteiger partial charge in [0.25, 0.3) is 5.56 Å². The van der Waals surface area contributed by atoms with E-state index in [0.29, 0.717) is 12.0 Å². The first-order chi connectivity index (χ1) is 13.9. The van der Waals surface area contributed by atoms with Crippen LogP contribution in [-0.4, -0.2) is 17.3 Å².